The van der Waals surface area contributed by atoms with Crippen LogP contribution in [0.4, 0.5) is 0 Å². The van der Waals surface area contributed by atoms with E-state index in [0.29, 0.717) is 30.8 Å². The Bertz CT molecular complexity index is 706. The zero-order valence-electron chi connectivity index (χ0n) is 11.2. The Morgan fingerprint density at radius 3 is 2.52 bits per heavy atom. The van der Waals surface area contributed by atoms with Gasteiger partial charge in [0.15, 0.2) is 5.69 Å². The monoisotopic (exact) mass is 286 g/mol. The van der Waals surface area contributed by atoms with Crippen LogP contribution in [0.2, 0.25) is 0 Å². The van der Waals surface area contributed by atoms with Crippen LogP contribution in [-0.4, -0.2) is 31.7 Å². The summed E-state index contributed by atoms with van der Waals surface area (Å²) in [7, 11) is 0. The van der Waals surface area contributed by atoms with Gasteiger partial charge < -0.3 is 14.8 Å². The van der Waals surface area contributed by atoms with E-state index in [1.807, 2.05) is 18.2 Å². The van der Waals surface area contributed by atoms with Gasteiger partial charge in [0.1, 0.15) is 11.9 Å². The van der Waals surface area contributed by atoms with Crippen molar-refractivity contribution >= 4 is 11.9 Å². The minimum absolute atomic E-state index is 0.0418. The third-order valence-electron chi connectivity index (χ3n) is 3.73. The molecule has 108 valence electrons. The van der Waals surface area contributed by atoms with E-state index < -0.39 is 18.0 Å². The second-order valence-electron chi connectivity index (χ2n) is 5.02. The molecule has 0 radical (unpaired) electrons. The van der Waals surface area contributed by atoms with Crippen LogP contribution >= 0.6 is 0 Å². The first-order valence-electron chi connectivity index (χ1n) is 6.72. The van der Waals surface area contributed by atoms with Gasteiger partial charge in [-0.2, -0.15) is 0 Å². The van der Waals surface area contributed by atoms with Crippen LogP contribution in [0, 0.1) is 0 Å². The molecular weight excluding hydrogens is 272 g/mol. The molecule has 1 aliphatic rings. The summed E-state index contributed by atoms with van der Waals surface area (Å²) in [6, 6.07) is 8.32. The minimum Gasteiger partial charge on any atom is -0.480 e. The molecule has 2 heterocycles. The molecule has 0 fully saturated rings. The number of aromatic carboxylic acids is 1. The standard InChI is InChI=1S/C15H14N2O4/c18-14(19)11-8-4-7-10-12(15(20)21)16-13(17(10)11)9-5-2-1-3-6-9/h1-3,5-6,11H,4,7-8H2,(H,18,19)(H,20,21). The number of benzene rings is 1. The maximum absolute atomic E-state index is 11.5. The molecule has 6 heteroatoms. The summed E-state index contributed by atoms with van der Waals surface area (Å²) in [6.07, 6.45) is 1.67. The summed E-state index contributed by atoms with van der Waals surface area (Å²) >= 11 is 0. The maximum Gasteiger partial charge on any atom is 0.356 e. The number of carbonyl (C=O) groups is 2. The van der Waals surface area contributed by atoms with Crippen molar-refractivity contribution in [2.45, 2.75) is 25.3 Å². The molecule has 6 nitrogen and oxygen atoms in total. The molecule has 0 amide bonds. The van der Waals surface area contributed by atoms with Crippen molar-refractivity contribution in [1.82, 2.24) is 9.55 Å². The number of aliphatic carboxylic acids is 1. The number of fused-ring (bicyclic) bond motifs is 1. The van der Waals surface area contributed by atoms with Crippen LogP contribution in [-0.2, 0) is 11.2 Å². The molecule has 2 aromatic rings. The third kappa shape index (κ3) is 2.18. The second-order valence-corrected chi connectivity index (χ2v) is 5.02. The number of carboxylic acid groups (broad SMARTS) is 2. The molecule has 1 atom stereocenters. The van der Waals surface area contributed by atoms with E-state index in [-0.39, 0.29) is 5.69 Å². The van der Waals surface area contributed by atoms with Gasteiger partial charge in [0.2, 0.25) is 0 Å². The molecule has 0 saturated carbocycles. The molecule has 0 bridgehead atoms. The SMILES string of the molecule is O=C(O)c1nc(-c2ccccc2)n2c1CCCC2C(=O)O. The molecule has 3 rings (SSSR count). The number of carboxylic acids is 2. The fourth-order valence-corrected chi connectivity index (χ4v) is 2.83. The van der Waals surface area contributed by atoms with E-state index in [4.69, 9.17) is 0 Å². The summed E-state index contributed by atoms with van der Waals surface area (Å²) < 4.78 is 1.57. The summed E-state index contributed by atoms with van der Waals surface area (Å²) in [6.45, 7) is 0. The van der Waals surface area contributed by atoms with Crippen molar-refractivity contribution in [2.24, 2.45) is 0 Å². The van der Waals surface area contributed by atoms with Crippen molar-refractivity contribution in [3.8, 4) is 11.4 Å². The van der Waals surface area contributed by atoms with E-state index in [2.05, 4.69) is 4.98 Å². The molecule has 0 spiro atoms. The normalized spacial score (nSPS) is 17.2. The molecule has 0 aliphatic carbocycles. The molecule has 2 N–H and O–H groups in total. The summed E-state index contributed by atoms with van der Waals surface area (Å²) in [5.41, 5.74) is 1.18. The number of hydrogen-bond donors (Lipinski definition) is 2. The smallest absolute Gasteiger partial charge is 0.356 e. The molecule has 0 saturated heterocycles. The zero-order valence-corrected chi connectivity index (χ0v) is 11.2. The van der Waals surface area contributed by atoms with Gasteiger partial charge >= 0.3 is 11.9 Å². The summed E-state index contributed by atoms with van der Waals surface area (Å²) in [5.74, 6) is -1.66. The van der Waals surface area contributed by atoms with Gasteiger partial charge in [0.05, 0.1) is 5.69 Å². The van der Waals surface area contributed by atoms with Crippen LogP contribution in [0.5, 0.6) is 0 Å². The lowest BCUT2D eigenvalue weighted by Crippen LogP contribution is -2.26. The highest BCUT2D eigenvalue weighted by atomic mass is 16.4. The third-order valence-corrected chi connectivity index (χ3v) is 3.73. The number of aromatic nitrogens is 2. The highest BCUT2D eigenvalue weighted by molar-refractivity contribution is 5.88. The van der Waals surface area contributed by atoms with Crippen LogP contribution in [0.25, 0.3) is 11.4 Å². The minimum atomic E-state index is -1.12. The molecule has 21 heavy (non-hydrogen) atoms. The van der Waals surface area contributed by atoms with E-state index in [0.717, 1.165) is 5.56 Å². The Balaban J connectivity index is 2.25. The Hall–Kier alpha value is -2.63. The molecule has 1 aromatic heterocycles. The topological polar surface area (TPSA) is 92.4 Å². The quantitative estimate of drug-likeness (QED) is 0.902. The van der Waals surface area contributed by atoms with Gasteiger partial charge in [-0.3, -0.25) is 0 Å². The van der Waals surface area contributed by atoms with Gasteiger partial charge in [0, 0.05) is 5.56 Å². The van der Waals surface area contributed by atoms with Crippen LogP contribution < -0.4 is 0 Å². The summed E-state index contributed by atoms with van der Waals surface area (Å²) in [4.78, 5) is 27.0. The Kier molecular flexibility index (Phi) is 3.21. The lowest BCUT2D eigenvalue weighted by atomic mass is 10.0. The molecule has 1 unspecified atom stereocenters. The van der Waals surface area contributed by atoms with Crippen molar-refractivity contribution in [1.29, 1.82) is 0 Å². The molecule has 1 aromatic carbocycles. The van der Waals surface area contributed by atoms with Crippen molar-refractivity contribution < 1.29 is 19.8 Å². The van der Waals surface area contributed by atoms with Crippen molar-refractivity contribution in [2.75, 3.05) is 0 Å². The van der Waals surface area contributed by atoms with E-state index in [1.165, 1.54) is 0 Å². The zero-order chi connectivity index (χ0) is 15.0. The lowest BCUT2D eigenvalue weighted by molar-refractivity contribution is -0.141. The van der Waals surface area contributed by atoms with Crippen molar-refractivity contribution in [3.05, 3.63) is 41.7 Å². The number of imidazole rings is 1. The Morgan fingerprint density at radius 1 is 1.19 bits per heavy atom. The highest BCUT2D eigenvalue weighted by Gasteiger charge is 2.33. The lowest BCUT2D eigenvalue weighted by Gasteiger charge is -2.24. The first-order valence-corrected chi connectivity index (χ1v) is 6.72. The average Bonchev–Trinajstić information content (AvgIpc) is 2.87. The van der Waals surface area contributed by atoms with E-state index in [9.17, 15) is 19.8 Å². The van der Waals surface area contributed by atoms with Gasteiger partial charge in [0.25, 0.3) is 0 Å². The first kappa shape index (κ1) is 13.4. The number of hydrogen-bond acceptors (Lipinski definition) is 3. The van der Waals surface area contributed by atoms with Crippen LogP contribution in [0.15, 0.2) is 30.3 Å². The Morgan fingerprint density at radius 2 is 1.90 bits per heavy atom. The fraction of sp³-hybridized carbons (Fsp3) is 0.267. The Labute approximate surface area is 120 Å². The van der Waals surface area contributed by atoms with Crippen LogP contribution in [0.3, 0.4) is 0 Å². The van der Waals surface area contributed by atoms with Gasteiger partial charge in [-0.25, -0.2) is 14.6 Å². The van der Waals surface area contributed by atoms with Crippen LogP contribution in [0.1, 0.15) is 35.1 Å². The van der Waals surface area contributed by atoms with Gasteiger partial charge in [-0.1, -0.05) is 30.3 Å². The van der Waals surface area contributed by atoms with Gasteiger partial charge in [-0.15, -0.1) is 0 Å². The average molecular weight is 286 g/mol. The second kappa shape index (κ2) is 5.05. The number of nitrogens with zero attached hydrogens (tertiary/aromatic N) is 2. The summed E-state index contributed by atoms with van der Waals surface area (Å²) in [5, 5.41) is 18.7. The highest BCUT2D eigenvalue weighted by Crippen LogP contribution is 2.33. The molecular formula is C15H14N2O4. The predicted octanol–water partition coefficient (Wildman–Crippen LogP) is 2.21. The predicted molar refractivity (Wildman–Crippen MR) is 74.2 cm³/mol. The van der Waals surface area contributed by atoms with Crippen molar-refractivity contribution in [3.63, 3.8) is 0 Å². The maximum atomic E-state index is 11.5. The molecule has 1 aliphatic heterocycles. The van der Waals surface area contributed by atoms with E-state index >= 15 is 0 Å². The largest absolute Gasteiger partial charge is 0.480 e. The van der Waals surface area contributed by atoms with Gasteiger partial charge in [-0.05, 0) is 19.3 Å². The van der Waals surface area contributed by atoms with E-state index in [1.54, 1.807) is 16.7 Å². The number of rotatable bonds is 3. The fourth-order valence-electron chi connectivity index (χ4n) is 2.83. The first-order chi connectivity index (χ1) is 10.1.